The molecule has 20 heavy (non-hydrogen) atoms. The molecule has 0 aromatic heterocycles. The summed E-state index contributed by atoms with van der Waals surface area (Å²) in [5.41, 5.74) is 1.46. The summed E-state index contributed by atoms with van der Waals surface area (Å²) < 4.78 is 19.2. The molecule has 1 atom stereocenters. The highest BCUT2D eigenvalue weighted by atomic mass is 19.1. The molecule has 0 saturated heterocycles. The third kappa shape index (κ3) is 3.14. The highest BCUT2D eigenvalue weighted by Gasteiger charge is 2.45. The molecule has 1 heterocycles. The van der Waals surface area contributed by atoms with Gasteiger partial charge in [0.1, 0.15) is 17.7 Å². The van der Waals surface area contributed by atoms with Crippen molar-refractivity contribution in [1.82, 2.24) is 5.32 Å². The van der Waals surface area contributed by atoms with Gasteiger partial charge in [0.15, 0.2) is 0 Å². The Morgan fingerprint density at radius 3 is 2.90 bits per heavy atom. The Hall–Kier alpha value is -1.09. The maximum absolute atomic E-state index is 13.2. The van der Waals surface area contributed by atoms with Crippen molar-refractivity contribution in [3.63, 3.8) is 0 Å². The van der Waals surface area contributed by atoms with Crippen LogP contribution in [0.4, 0.5) is 4.39 Å². The largest absolute Gasteiger partial charge is 0.490 e. The molecule has 1 N–H and O–H groups in total. The van der Waals surface area contributed by atoms with Crippen molar-refractivity contribution < 1.29 is 9.13 Å². The van der Waals surface area contributed by atoms with Crippen LogP contribution < -0.4 is 10.1 Å². The molecule has 0 spiro atoms. The van der Waals surface area contributed by atoms with Gasteiger partial charge in [0.05, 0.1) is 0 Å². The zero-order valence-corrected chi connectivity index (χ0v) is 12.4. The predicted octanol–water partition coefficient (Wildman–Crippen LogP) is 3.55. The van der Waals surface area contributed by atoms with Crippen molar-refractivity contribution in [2.75, 3.05) is 13.1 Å². The van der Waals surface area contributed by atoms with Crippen LogP contribution in [0.1, 0.15) is 38.7 Å². The van der Waals surface area contributed by atoms with Crippen molar-refractivity contribution in [2.45, 2.75) is 45.6 Å². The fourth-order valence-corrected chi connectivity index (χ4v) is 3.14. The van der Waals surface area contributed by atoms with E-state index in [4.69, 9.17) is 4.74 Å². The Bertz CT molecular complexity index is 482. The Morgan fingerprint density at radius 1 is 1.40 bits per heavy atom. The van der Waals surface area contributed by atoms with Gasteiger partial charge in [-0.1, -0.05) is 13.8 Å². The minimum Gasteiger partial charge on any atom is -0.490 e. The molecule has 0 amide bonds. The molecule has 1 aliphatic heterocycles. The molecule has 1 aliphatic carbocycles. The fraction of sp³-hybridized carbons (Fsp3) is 0.647. The van der Waals surface area contributed by atoms with Crippen LogP contribution in [0, 0.1) is 17.2 Å². The smallest absolute Gasteiger partial charge is 0.123 e. The average molecular weight is 277 g/mol. The van der Waals surface area contributed by atoms with Crippen LogP contribution in [0.2, 0.25) is 0 Å². The Kier molecular flexibility index (Phi) is 3.72. The van der Waals surface area contributed by atoms with E-state index in [1.165, 1.54) is 18.9 Å². The first-order valence-corrected chi connectivity index (χ1v) is 7.72. The first kappa shape index (κ1) is 13.9. The lowest BCUT2D eigenvalue weighted by molar-refractivity contribution is 0.183. The molecule has 3 rings (SSSR count). The summed E-state index contributed by atoms with van der Waals surface area (Å²) in [6.07, 6.45) is 4.77. The number of halogens is 1. The first-order valence-electron chi connectivity index (χ1n) is 7.72. The van der Waals surface area contributed by atoms with E-state index in [2.05, 4.69) is 19.2 Å². The zero-order valence-electron chi connectivity index (χ0n) is 12.4. The van der Waals surface area contributed by atoms with Crippen LogP contribution in [0.15, 0.2) is 18.2 Å². The summed E-state index contributed by atoms with van der Waals surface area (Å²) in [6.45, 7) is 6.64. The summed E-state index contributed by atoms with van der Waals surface area (Å²) in [6, 6.07) is 4.87. The third-order valence-corrected chi connectivity index (χ3v) is 4.43. The maximum atomic E-state index is 13.2. The van der Waals surface area contributed by atoms with Gasteiger partial charge in [0.25, 0.3) is 0 Å². The van der Waals surface area contributed by atoms with Crippen LogP contribution in [0.5, 0.6) is 5.75 Å². The Labute approximate surface area is 120 Å². The summed E-state index contributed by atoms with van der Waals surface area (Å²) in [5, 5.41) is 3.58. The molecule has 1 fully saturated rings. The van der Waals surface area contributed by atoms with Crippen LogP contribution in [0.3, 0.4) is 0 Å². The molecule has 3 heteroatoms. The minimum atomic E-state index is -0.160. The SMILES string of the molecule is CC(C)CNCC1(CC2Cc3cc(F)ccc3O2)CC1. The van der Waals surface area contributed by atoms with Crippen molar-refractivity contribution in [3.05, 3.63) is 29.6 Å². The third-order valence-electron chi connectivity index (χ3n) is 4.43. The topological polar surface area (TPSA) is 21.3 Å². The molecule has 1 unspecified atom stereocenters. The van der Waals surface area contributed by atoms with Gasteiger partial charge in [-0.3, -0.25) is 0 Å². The maximum Gasteiger partial charge on any atom is 0.123 e. The lowest BCUT2D eigenvalue weighted by Gasteiger charge is -2.20. The summed E-state index contributed by atoms with van der Waals surface area (Å²) >= 11 is 0. The van der Waals surface area contributed by atoms with E-state index in [1.807, 2.05) is 0 Å². The monoisotopic (exact) mass is 277 g/mol. The van der Waals surface area contributed by atoms with Gasteiger partial charge in [-0.2, -0.15) is 0 Å². The van der Waals surface area contributed by atoms with E-state index in [0.29, 0.717) is 11.3 Å². The second-order valence-electron chi connectivity index (χ2n) is 6.92. The van der Waals surface area contributed by atoms with Gasteiger partial charge in [0.2, 0.25) is 0 Å². The van der Waals surface area contributed by atoms with Crippen molar-refractivity contribution in [1.29, 1.82) is 0 Å². The van der Waals surface area contributed by atoms with E-state index >= 15 is 0 Å². The molecule has 1 aromatic carbocycles. The number of fused-ring (bicyclic) bond motifs is 1. The van der Waals surface area contributed by atoms with Crippen LogP contribution in [-0.2, 0) is 6.42 Å². The summed E-state index contributed by atoms with van der Waals surface area (Å²) in [7, 11) is 0. The van der Waals surface area contributed by atoms with Gasteiger partial charge in [-0.05, 0) is 55.3 Å². The molecule has 0 bridgehead atoms. The fourth-order valence-electron chi connectivity index (χ4n) is 3.14. The highest BCUT2D eigenvalue weighted by molar-refractivity contribution is 5.38. The molecule has 110 valence electrons. The van der Waals surface area contributed by atoms with E-state index < -0.39 is 0 Å². The van der Waals surface area contributed by atoms with Gasteiger partial charge < -0.3 is 10.1 Å². The molecule has 2 nitrogen and oxygen atoms in total. The van der Waals surface area contributed by atoms with Crippen molar-refractivity contribution >= 4 is 0 Å². The van der Waals surface area contributed by atoms with Crippen LogP contribution in [-0.4, -0.2) is 19.2 Å². The molecular weight excluding hydrogens is 253 g/mol. The Balaban J connectivity index is 1.53. The predicted molar refractivity (Wildman–Crippen MR) is 78.5 cm³/mol. The van der Waals surface area contributed by atoms with Gasteiger partial charge >= 0.3 is 0 Å². The average Bonchev–Trinajstić information content (AvgIpc) is 3.00. The van der Waals surface area contributed by atoms with Crippen molar-refractivity contribution in [2.24, 2.45) is 11.3 Å². The van der Waals surface area contributed by atoms with Gasteiger partial charge in [0, 0.05) is 18.5 Å². The number of benzene rings is 1. The second kappa shape index (κ2) is 5.36. The van der Waals surface area contributed by atoms with Crippen LogP contribution in [0.25, 0.3) is 0 Å². The number of ether oxygens (including phenoxy) is 1. The van der Waals surface area contributed by atoms with E-state index in [-0.39, 0.29) is 11.9 Å². The zero-order chi connectivity index (χ0) is 14.2. The molecule has 0 radical (unpaired) electrons. The number of hydrogen-bond donors (Lipinski definition) is 1. The van der Waals surface area contributed by atoms with Gasteiger partial charge in [-0.25, -0.2) is 4.39 Å². The number of hydrogen-bond acceptors (Lipinski definition) is 2. The quantitative estimate of drug-likeness (QED) is 0.858. The Morgan fingerprint density at radius 2 is 2.20 bits per heavy atom. The van der Waals surface area contributed by atoms with Crippen molar-refractivity contribution in [3.8, 4) is 5.75 Å². The first-order chi connectivity index (χ1) is 9.56. The molecule has 1 aromatic rings. The minimum absolute atomic E-state index is 0.160. The van der Waals surface area contributed by atoms with E-state index in [0.717, 1.165) is 37.2 Å². The molecule has 2 aliphatic rings. The molecule has 1 saturated carbocycles. The van der Waals surface area contributed by atoms with E-state index in [1.54, 1.807) is 12.1 Å². The normalized spacial score (nSPS) is 22.7. The highest BCUT2D eigenvalue weighted by Crippen LogP contribution is 2.50. The second-order valence-corrected chi connectivity index (χ2v) is 6.92. The number of rotatable bonds is 6. The lowest BCUT2D eigenvalue weighted by atomic mass is 9.95. The number of nitrogens with one attached hydrogen (secondary N) is 1. The van der Waals surface area contributed by atoms with Crippen LogP contribution >= 0.6 is 0 Å². The summed E-state index contributed by atoms with van der Waals surface area (Å²) in [5.74, 6) is 1.41. The van der Waals surface area contributed by atoms with Gasteiger partial charge in [-0.15, -0.1) is 0 Å². The van der Waals surface area contributed by atoms with E-state index in [9.17, 15) is 4.39 Å². The molecular formula is C17H24FNO. The standard InChI is InChI=1S/C17H24FNO/c1-12(2)10-19-11-17(5-6-17)9-15-8-13-7-14(18)3-4-16(13)20-15/h3-4,7,12,15,19H,5-6,8-11H2,1-2H3. The lowest BCUT2D eigenvalue weighted by Crippen LogP contribution is -2.30. The summed E-state index contributed by atoms with van der Waals surface area (Å²) in [4.78, 5) is 0.